The van der Waals surface area contributed by atoms with Crippen LogP contribution in [0, 0.1) is 10.1 Å². The molecule has 0 unspecified atom stereocenters. The molecule has 2 N–H and O–H groups in total. The zero-order valence-corrected chi connectivity index (χ0v) is 17.9. The van der Waals surface area contributed by atoms with Crippen molar-refractivity contribution in [2.45, 2.75) is 18.2 Å². The zero-order chi connectivity index (χ0) is 21.7. The van der Waals surface area contributed by atoms with Crippen molar-refractivity contribution in [1.82, 2.24) is 10.2 Å². The fourth-order valence-corrected chi connectivity index (χ4v) is 4.83. The smallest absolute Gasteiger partial charge is 0.323 e. The Morgan fingerprint density at radius 3 is 2.50 bits per heavy atom. The SMILES string of the molecule is CCc1nnc(NS(=O)(=O)c2ccc(NC(=O)C=Cc3ccc([N+](=O)[O-])s3)cc2)s1. The standard InChI is InChI=1S/C17H15N5O5S3/c1-2-15-19-20-17(29-15)21-30(26,27)13-7-3-11(4-8-13)18-14(23)9-5-12-6-10-16(28-12)22(24)25/h3-10H,2H2,1H3,(H,18,23)(H,20,21). The highest BCUT2D eigenvalue weighted by Crippen LogP contribution is 2.25. The monoisotopic (exact) mass is 465 g/mol. The maximum atomic E-state index is 12.4. The number of carbonyl (C=O) groups excluding carboxylic acids is 1. The first-order valence-electron chi connectivity index (χ1n) is 8.45. The van der Waals surface area contributed by atoms with E-state index < -0.39 is 20.9 Å². The van der Waals surface area contributed by atoms with Crippen LogP contribution in [0.5, 0.6) is 0 Å². The summed E-state index contributed by atoms with van der Waals surface area (Å²) in [5, 5.41) is 21.8. The number of rotatable bonds is 8. The molecule has 1 aromatic carbocycles. The Morgan fingerprint density at radius 2 is 1.90 bits per heavy atom. The highest BCUT2D eigenvalue weighted by atomic mass is 32.2. The molecule has 0 saturated carbocycles. The molecular weight excluding hydrogens is 450 g/mol. The molecular formula is C17H15N5O5S3. The number of aryl methyl sites for hydroxylation is 1. The molecule has 0 aliphatic carbocycles. The van der Waals surface area contributed by atoms with Crippen LogP contribution >= 0.6 is 22.7 Å². The number of nitro groups is 1. The Labute approximate surface area is 179 Å². The Balaban J connectivity index is 1.62. The number of sulfonamides is 1. The Kier molecular flexibility index (Phi) is 6.54. The lowest BCUT2D eigenvalue weighted by Gasteiger charge is -2.06. The van der Waals surface area contributed by atoms with E-state index in [9.17, 15) is 23.3 Å². The first kappa shape index (κ1) is 21.5. The minimum Gasteiger partial charge on any atom is -0.323 e. The predicted octanol–water partition coefficient (Wildman–Crippen LogP) is 3.52. The Hall–Kier alpha value is -3.16. The van der Waals surface area contributed by atoms with Gasteiger partial charge in [-0.1, -0.05) is 29.6 Å². The van der Waals surface area contributed by atoms with Crippen molar-refractivity contribution in [2.75, 3.05) is 10.0 Å². The molecule has 0 atom stereocenters. The van der Waals surface area contributed by atoms with Crippen LogP contribution in [-0.4, -0.2) is 29.4 Å². The number of aromatic nitrogens is 2. The second-order valence-corrected chi connectivity index (χ2v) is 9.58. The van der Waals surface area contributed by atoms with Gasteiger partial charge in [-0.25, -0.2) is 8.42 Å². The summed E-state index contributed by atoms with van der Waals surface area (Å²) in [7, 11) is -3.83. The van der Waals surface area contributed by atoms with Crippen molar-refractivity contribution in [3.8, 4) is 0 Å². The number of carbonyl (C=O) groups is 1. The van der Waals surface area contributed by atoms with Gasteiger partial charge in [-0.05, 0) is 42.8 Å². The van der Waals surface area contributed by atoms with Crippen LogP contribution in [0.15, 0.2) is 47.4 Å². The molecule has 0 aliphatic heterocycles. The van der Waals surface area contributed by atoms with E-state index >= 15 is 0 Å². The molecule has 0 fully saturated rings. The summed E-state index contributed by atoms with van der Waals surface area (Å²) in [6, 6.07) is 8.51. The number of benzene rings is 1. The molecule has 30 heavy (non-hydrogen) atoms. The summed E-state index contributed by atoms with van der Waals surface area (Å²) >= 11 is 2.11. The third kappa shape index (κ3) is 5.46. The lowest BCUT2D eigenvalue weighted by molar-refractivity contribution is -0.380. The van der Waals surface area contributed by atoms with Gasteiger partial charge in [0.2, 0.25) is 11.0 Å². The van der Waals surface area contributed by atoms with E-state index in [1.807, 2.05) is 6.92 Å². The number of amides is 1. The quantitative estimate of drug-likeness (QED) is 0.294. The normalized spacial score (nSPS) is 11.5. The minimum atomic E-state index is -3.83. The number of anilines is 2. The van der Waals surface area contributed by atoms with E-state index in [0.29, 0.717) is 17.0 Å². The molecule has 2 heterocycles. The van der Waals surface area contributed by atoms with E-state index in [4.69, 9.17) is 0 Å². The number of hydrogen-bond donors (Lipinski definition) is 2. The van der Waals surface area contributed by atoms with Crippen molar-refractivity contribution in [3.63, 3.8) is 0 Å². The summed E-state index contributed by atoms with van der Waals surface area (Å²) < 4.78 is 27.2. The van der Waals surface area contributed by atoms with E-state index in [0.717, 1.165) is 27.7 Å². The fourth-order valence-electron chi connectivity index (χ4n) is 2.20. The molecule has 0 spiro atoms. The van der Waals surface area contributed by atoms with Crippen LogP contribution in [0.2, 0.25) is 0 Å². The largest absolute Gasteiger partial charge is 0.324 e. The van der Waals surface area contributed by atoms with Gasteiger partial charge in [0.15, 0.2) is 0 Å². The summed E-state index contributed by atoms with van der Waals surface area (Å²) in [6.07, 6.45) is 3.36. The van der Waals surface area contributed by atoms with Gasteiger partial charge >= 0.3 is 5.00 Å². The van der Waals surface area contributed by atoms with Crippen molar-refractivity contribution in [2.24, 2.45) is 0 Å². The van der Waals surface area contributed by atoms with Gasteiger partial charge in [-0.15, -0.1) is 10.2 Å². The third-order valence-electron chi connectivity index (χ3n) is 3.61. The highest BCUT2D eigenvalue weighted by Gasteiger charge is 2.17. The van der Waals surface area contributed by atoms with Crippen LogP contribution in [0.1, 0.15) is 16.8 Å². The summed E-state index contributed by atoms with van der Waals surface area (Å²) in [4.78, 5) is 22.7. The van der Waals surface area contributed by atoms with Crippen LogP contribution in [0.4, 0.5) is 15.8 Å². The molecule has 1 amide bonds. The summed E-state index contributed by atoms with van der Waals surface area (Å²) in [6.45, 7) is 1.89. The summed E-state index contributed by atoms with van der Waals surface area (Å²) in [5.41, 5.74) is 0.393. The molecule has 13 heteroatoms. The molecule has 0 radical (unpaired) electrons. The average molecular weight is 466 g/mol. The molecule has 3 rings (SSSR count). The second kappa shape index (κ2) is 9.11. The highest BCUT2D eigenvalue weighted by molar-refractivity contribution is 7.93. The van der Waals surface area contributed by atoms with Gasteiger partial charge < -0.3 is 5.32 Å². The Morgan fingerprint density at radius 1 is 1.17 bits per heavy atom. The lowest BCUT2D eigenvalue weighted by atomic mass is 10.3. The molecule has 2 aromatic heterocycles. The molecule has 0 saturated heterocycles. The number of nitrogens with one attached hydrogen (secondary N) is 2. The fraction of sp³-hybridized carbons (Fsp3) is 0.118. The number of nitrogens with zero attached hydrogens (tertiary/aromatic N) is 3. The van der Waals surface area contributed by atoms with Gasteiger partial charge in [-0.2, -0.15) is 0 Å². The lowest BCUT2D eigenvalue weighted by Crippen LogP contribution is -2.13. The van der Waals surface area contributed by atoms with Crippen LogP contribution < -0.4 is 10.0 Å². The topological polar surface area (TPSA) is 144 Å². The first-order valence-corrected chi connectivity index (χ1v) is 11.6. The average Bonchev–Trinajstić information content (AvgIpc) is 3.36. The van der Waals surface area contributed by atoms with Crippen LogP contribution in [-0.2, 0) is 21.2 Å². The van der Waals surface area contributed by atoms with Crippen molar-refractivity contribution in [1.29, 1.82) is 0 Å². The van der Waals surface area contributed by atoms with Crippen molar-refractivity contribution < 1.29 is 18.1 Å². The van der Waals surface area contributed by atoms with Crippen LogP contribution in [0.3, 0.4) is 0 Å². The maximum Gasteiger partial charge on any atom is 0.324 e. The zero-order valence-electron chi connectivity index (χ0n) is 15.4. The first-order chi connectivity index (χ1) is 14.3. The molecule has 0 bridgehead atoms. The van der Waals surface area contributed by atoms with E-state index in [2.05, 4.69) is 20.2 Å². The van der Waals surface area contributed by atoms with Gasteiger partial charge in [-0.3, -0.25) is 19.6 Å². The van der Waals surface area contributed by atoms with E-state index in [-0.39, 0.29) is 15.0 Å². The third-order valence-corrected chi connectivity index (χ3v) is 7.08. The second-order valence-electron chi connectivity index (χ2n) is 5.74. The van der Waals surface area contributed by atoms with Gasteiger partial charge in [0.25, 0.3) is 10.0 Å². The maximum absolute atomic E-state index is 12.4. The van der Waals surface area contributed by atoms with Crippen molar-refractivity contribution >= 4 is 60.5 Å². The van der Waals surface area contributed by atoms with Gasteiger partial charge in [0.1, 0.15) is 5.01 Å². The van der Waals surface area contributed by atoms with Gasteiger partial charge in [0.05, 0.1) is 9.82 Å². The number of thiophene rings is 1. The molecule has 156 valence electrons. The van der Waals surface area contributed by atoms with Crippen LogP contribution in [0.25, 0.3) is 6.08 Å². The molecule has 0 aliphatic rings. The minimum absolute atomic E-state index is 0.00943. The van der Waals surface area contributed by atoms with Crippen molar-refractivity contribution in [3.05, 3.63) is 62.5 Å². The van der Waals surface area contributed by atoms with E-state index in [1.165, 1.54) is 42.5 Å². The molecule has 10 nitrogen and oxygen atoms in total. The Bertz CT molecular complexity index is 1200. The summed E-state index contributed by atoms with van der Waals surface area (Å²) in [5.74, 6) is -0.458. The van der Waals surface area contributed by atoms with Gasteiger partial charge in [0, 0.05) is 22.7 Å². The predicted molar refractivity (Wildman–Crippen MR) is 115 cm³/mol. The number of hydrogen-bond acceptors (Lipinski definition) is 9. The molecule has 3 aromatic rings. The van der Waals surface area contributed by atoms with E-state index in [1.54, 1.807) is 6.07 Å².